The maximum Gasteiger partial charge on any atom is 0.491 e. The van der Waals surface area contributed by atoms with Crippen molar-refractivity contribution in [3.8, 4) is 0 Å². The van der Waals surface area contributed by atoms with Crippen molar-refractivity contribution in [3.63, 3.8) is 0 Å². The second kappa shape index (κ2) is 9.36. The number of halogens is 3. The standard InChI is InChI=1S/C22H26F3N3O3/c1-14-11-18(28(6)27-14)19(30-13-31-20(29)22(23,24)25)17(12-26-5)15-7-9-16(10-8-15)21(2,3)4/h7-12H,13H2,1-6H3/b19-17-,26-12-. The molecule has 0 aliphatic heterocycles. The Morgan fingerprint density at radius 2 is 1.77 bits per heavy atom. The maximum atomic E-state index is 12.5. The third-order valence-corrected chi connectivity index (χ3v) is 4.42. The highest BCUT2D eigenvalue weighted by atomic mass is 19.4. The molecule has 0 unspecified atom stereocenters. The number of hydrogen-bond donors (Lipinski definition) is 0. The molecule has 6 nitrogen and oxygen atoms in total. The molecule has 0 amide bonds. The van der Waals surface area contributed by atoms with Gasteiger partial charge in [-0.1, -0.05) is 45.0 Å². The number of rotatable bonds is 6. The Hall–Kier alpha value is -3.10. The topological polar surface area (TPSA) is 65.7 Å². The van der Waals surface area contributed by atoms with Gasteiger partial charge >= 0.3 is 12.1 Å². The first-order valence-corrected chi connectivity index (χ1v) is 9.49. The van der Waals surface area contributed by atoms with Gasteiger partial charge in [0.2, 0.25) is 6.79 Å². The lowest BCUT2D eigenvalue weighted by molar-refractivity contribution is -0.206. The van der Waals surface area contributed by atoms with E-state index >= 15 is 0 Å². The molecule has 168 valence electrons. The van der Waals surface area contributed by atoms with E-state index in [9.17, 15) is 18.0 Å². The van der Waals surface area contributed by atoms with Crippen LogP contribution in [0.5, 0.6) is 0 Å². The zero-order valence-corrected chi connectivity index (χ0v) is 18.4. The molecule has 9 heteroatoms. The lowest BCUT2D eigenvalue weighted by atomic mass is 9.86. The van der Waals surface area contributed by atoms with E-state index in [0.29, 0.717) is 17.0 Å². The SMILES string of the molecule is C/N=C\C(=C(\OCOC(=O)C(F)(F)F)c1cc(C)nn1C)c1ccc(C(C)(C)C)cc1. The van der Waals surface area contributed by atoms with Gasteiger partial charge in [0.25, 0.3) is 0 Å². The second-order valence-corrected chi connectivity index (χ2v) is 7.94. The molecule has 0 aliphatic carbocycles. The molecule has 0 bridgehead atoms. The van der Waals surface area contributed by atoms with E-state index in [1.54, 1.807) is 27.1 Å². The van der Waals surface area contributed by atoms with Crippen molar-refractivity contribution >= 4 is 23.5 Å². The summed E-state index contributed by atoms with van der Waals surface area (Å²) in [6, 6.07) is 9.41. The quantitative estimate of drug-likeness (QED) is 0.285. The van der Waals surface area contributed by atoms with Gasteiger partial charge in [-0.2, -0.15) is 18.3 Å². The van der Waals surface area contributed by atoms with E-state index in [4.69, 9.17) is 4.74 Å². The Labute approximate surface area is 179 Å². The number of carbonyl (C=O) groups is 1. The van der Waals surface area contributed by atoms with Crippen molar-refractivity contribution in [1.82, 2.24) is 9.78 Å². The summed E-state index contributed by atoms with van der Waals surface area (Å²) < 4.78 is 48.7. The molecule has 0 N–H and O–H groups in total. The van der Waals surface area contributed by atoms with Gasteiger partial charge in [0.15, 0.2) is 5.76 Å². The van der Waals surface area contributed by atoms with Crippen LogP contribution in [0, 0.1) is 6.92 Å². The summed E-state index contributed by atoms with van der Waals surface area (Å²) in [6.07, 6.45) is -3.57. The molecule has 1 aromatic heterocycles. The molecule has 0 atom stereocenters. The minimum atomic E-state index is -5.10. The molecule has 0 spiro atoms. The number of ether oxygens (including phenoxy) is 2. The fourth-order valence-electron chi connectivity index (χ4n) is 2.88. The highest BCUT2D eigenvalue weighted by Crippen LogP contribution is 2.29. The Morgan fingerprint density at radius 1 is 1.16 bits per heavy atom. The monoisotopic (exact) mass is 437 g/mol. The van der Waals surface area contributed by atoms with Crippen molar-refractivity contribution in [2.45, 2.75) is 39.3 Å². The van der Waals surface area contributed by atoms with Crippen LogP contribution in [0.1, 0.15) is 43.3 Å². The molecule has 1 heterocycles. The average Bonchev–Trinajstić information content (AvgIpc) is 3.00. The van der Waals surface area contributed by atoms with E-state index in [1.807, 2.05) is 24.3 Å². The van der Waals surface area contributed by atoms with Crippen LogP contribution in [-0.2, 0) is 26.7 Å². The number of hydrogen-bond acceptors (Lipinski definition) is 5. The number of aryl methyl sites for hydroxylation is 2. The molecule has 0 aliphatic rings. The van der Waals surface area contributed by atoms with E-state index in [0.717, 1.165) is 11.1 Å². The van der Waals surface area contributed by atoms with Crippen LogP contribution in [0.3, 0.4) is 0 Å². The average molecular weight is 437 g/mol. The summed E-state index contributed by atoms with van der Waals surface area (Å²) in [5.41, 5.74) is 3.48. The molecule has 2 aromatic rings. The molecular weight excluding hydrogens is 411 g/mol. The zero-order chi connectivity index (χ0) is 23.4. The zero-order valence-electron chi connectivity index (χ0n) is 18.4. The van der Waals surface area contributed by atoms with Gasteiger partial charge in [-0.25, -0.2) is 4.79 Å². The predicted octanol–water partition coefficient (Wildman–Crippen LogP) is 4.67. The predicted molar refractivity (Wildman–Crippen MR) is 112 cm³/mol. The second-order valence-electron chi connectivity index (χ2n) is 7.94. The minimum absolute atomic E-state index is 0.0501. The van der Waals surface area contributed by atoms with Crippen LogP contribution in [0.4, 0.5) is 13.2 Å². The Balaban J connectivity index is 2.52. The maximum absolute atomic E-state index is 12.5. The van der Waals surface area contributed by atoms with Gasteiger partial charge in [0.1, 0.15) is 5.69 Å². The smallest absolute Gasteiger partial charge is 0.454 e. The molecule has 0 fully saturated rings. The normalized spacial score (nSPS) is 13.3. The van der Waals surface area contributed by atoms with Crippen molar-refractivity contribution in [3.05, 3.63) is 52.8 Å². The summed E-state index contributed by atoms with van der Waals surface area (Å²) in [6.45, 7) is 7.13. The molecule has 0 saturated carbocycles. The number of aliphatic imine (C=N–C) groups is 1. The lowest BCUT2D eigenvalue weighted by Gasteiger charge is -2.20. The Morgan fingerprint density at radius 3 is 2.23 bits per heavy atom. The molecule has 1 aromatic carbocycles. The van der Waals surface area contributed by atoms with Gasteiger partial charge in [-0.05, 0) is 29.5 Å². The highest BCUT2D eigenvalue weighted by molar-refractivity contribution is 6.18. The largest absolute Gasteiger partial charge is 0.491 e. The van der Waals surface area contributed by atoms with Crippen LogP contribution >= 0.6 is 0 Å². The summed E-state index contributed by atoms with van der Waals surface area (Å²) in [7, 11) is 3.25. The molecular formula is C22H26F3N3O3. The van der Waals surface area contributed by atoms with E-state index in [1.165, 1.54) is 10.9 Å². The van der Waals surface area contributed by atoms with Crippen molar-refractivity contribution < 1.29 is 27.4 Å². The summed E-state index contributed by atoms with van der Waals surface area (Å²) >= 11 is 0. The third kappa shape index (κ3) is 6.19. The van der Waals surface area contributed by atoms with E-state index in [-0.39, 0.29) is 11.2 Å². The number of alkyl halides is 3. The summed E-state index contributed by atoms with van der Waals surface area (Å²) in [4.78, 5) is 15.1. The van der Waals surface area contributed by atoms with Gasteiger partial charge in [0, 0.05) is 25.9 Å². The first-order valence-electron chi connectivity index (χ1n) is 9.49. The van der Waals surface area contributed by atoms with Crippen molar-refractivity contribution in [2.24, 2.45) is 12.0 Å². The molecule has 0 radical (unpaired) electrons. The van der Waals surface area contributed by atoms with Gasteiger partial charge in [0.05, 0.1) is 5.69 Å². The van der Waals surface area contributed by atoms with Gasteiger partial charge < -0.3 is 9.47 Å². The number of allylic oxidation sites excluding steroid dienone is 1. The highest BCUT2D eigenvalue weighted by Gasteiger charge is 2.41. The molecule has 31 heavy (non-hydrogen) atoms. The minimum Gasteiger partial charge on any atom is -0.454 e. The first-order chi connectivity index (χ1) is 14.3. The molecule has 2 rings (SSSR count). The number of benzene rings is 1. The van der Waals surface area contributed by atoms with Crippen LogP contribution in [0.2, 0.25) is 0 Å². The van der Waals surface area contributed by atoms with Crippen LogP contribution < -0.4 is 0 Å². The summed E-state index contributed by atoms with van der Waals surface area (Å²) in [5, 5.41) is 4.27. The van der Waals surface area contributed by atoms with Crippen LogP contribution in [0.15, 0.2) is 35.3 Å². The fourth-order valence-corrected chi connectivity index (χ4v) is 2.88. The van der Waals surface area contributed by atoms with Crippen LogP contribution in [-0.4, -0.2) is 42.0 Å². The Kier molecular flexibility index (Phi) is 7.30. The van der Waals surface area contributed by atoms with E-state index < -0.39 is 18.9 Å². The Bertz CT molecular complexity index is 982. The number of aromatic nitrogens is 2. The number of carbonyl (C=O) groups excluding carboxylic acids is 1. The first kappa shape index (κ1) is 24.2. The summed E-state index contributed by atoms with van der Waals surface area (Å²) in [5.74, 6) is -2.14. The van der Waals surface area contributed by atoms with E-state index in [2.05, 4.69) is 35.6 Å². The van der Waals surface area contributed by atoms with Crippen molar-refractivity contribution in [1.29, 1.82) is 0 Å². The molecule has 0 saturated heterocycles. The fraction of sp³-hybridized carbons (Fsp3) is 0.409. The third-order valence-electron chi connectivity index (χ3n) is 4.42. The van der Waals surface area contributed by atoms with Crippen LogP contribution in [0.25, 0.3) is 11.3 Å². The number of nitrogens with zero attached hydrogens (tertiary/aromatic N) is 3. The van der Waals surface area contributed by atoms with Gasteiger partial charge in [-0.15, -0.1) is 0 Å². The van der Waals surface area contributed by atoms with Gasteiger partial charge in [-0.3, -0.25) is 9.67 Å². The van der Waals surface area contributed by atoms with Crippen molar-refractivity contribution in [2.75, 3.05) is 13.8 Å². The lowest BCUT2D eigenvalue weighted by Crippen LogP contribution is -2.26. The number of esters is 1.